The zero-order chi connectivity index (χ0) is 22.1. The van der Waals surface area contributed by atoms with Crippen molar-refractivity contribution in [2.24, 2.45) is 0 Å². The van der Waals surface area contributed by atoms with Crippen LogP contribution < -0.4 is 4.72 Å². The van der Waals surface area contributed by atoms with Crippen molar-refractivity contribution in [1.29, 1.82) is 0 Å². The summed E-state index contributed by atoms with van der Waals surface area (Å²) in [4.78, 5) is 14.7. The van der Waals surface area contributed by atoms with Crippen molar-refractivity contribution in [2.75, 3.05) is 24.6 Å². The van der Waals surface area contributed by atoms with Crippen LogP contribution in [-0.2, 0) is 19.9 Å². The van der Waals surface area contributed by atoms with Gasteiger partial charge in [0.1, 0.15) is 0 Å². The first kappa shape index (κ1) is 22.0. The Bertz CT molecular complexity index is 1140. The second-order valence-corrected chi connectivity index (χ2v) is 12.2. The fraction of sp³-hybridized carbons (Fsp3) is 0.409. The molecule has 1 N–H and O–H groups in total. The maximum atomic E-state index is 12.8. The fourth-order valence-electron chi connectivity index (χ4n) is 4.28. The molecule has 0 aromatic heterocycles. The number of rotatable bonds is 5. The molecule has 0 saturated carbocycles. The maximum Gasteiger partial charge on any atom is 0.253 e. The van der Waals surface area contributed by atoms with E-state index in [-0.39, 0.29) is 28.7 Å². The largest absolute Gasteiger partial charge is 0.339 e. The molecule has 2 aliphatic heterocycles. The van der Waals surface area contributed by atoms with Gasteiger partial charge in [0.25, 0.3) is 5.91 Å². The molecule has 1 amide bonds. The molecule has 166 valence electrons. The summed E-state index contributed by atoms with van der Waals surface area (Å²) in [6.45, 7) is 1.33. The lowest BCUT2D eigenvalue weighted by Gasteiger charge is -2.32. The van der Waals surface area contributed by atoms with Crippen molar-refractivity contribution in [3.63, 3.8) is 0 Å². The Morgan fingerprint density at radius 1 is 0.935 bits per heavy atom. The van der Waals surface area contributed by atoms with Crippen LogP contribution in [0.25, 0.3) is 0 Å². The minimum absolute atomic E-state index is 0.00537. The summed E-state index contributed by atoms with van der Waals surface area (Å²) < 4.78 is 50.7. The van der Waals surface area contributed by atoms with Gasteiger partial charge in [-0.15, -0.1) is 0 Å². The van der Waals surface area contributed by atoms with E-state index in [2.05, 4.69) is 16.9 Å². The summed E-state index contributed by atoms with van der Waals surface area (Å²) in [6, 6.07) is 15.5. The highest BCUT2D eigenvalue weighted by atomic mass is 32.2. The number of hydrogen-bond donors (Lipinski definition) is 1. The molecule has 2 heterocycles. The zero-order valence-corrected chi connectivity index (χ0v) is 18.7. The lowest BCUT2D eigenvalue weighted by Crippen LogP contribution is -2.38. The zero-order valence-electron chi connectivity index (χ0n) is 17.1. The third kappa shape index (κ3) is 5.16. The number of carbonyl (C=O) groups excluding carboxylic acids is 1. The van der Waals surface area contributed by atoms with Gasteiger partial charge in [-0.2, -0.15) is 0 Å². The third-order valence-electron chi connectivity index (χ3n) is 6.02. The number of nitrogens with zero attached hydrogens (tertiary/aromatic N) is 1. The van der Waals surface area contributed by atoms with Gasteiger partial charge in [0.15, 0.2) is 9.84 Å². The molecule has 0 spiro atoms. The number of sulfone groups is 1. The molecule has 7 nitrogen and oxygen atoms in total. The number of benzene rings is 2. The van der Waals surface area contributed by atoms with Crippen LogP contribution in [0.2, 0.25) is 0 Å². The van der Waals surface area contributed by atoms with E-state index in [1.54, 1.807) is 0 Å². The SMILES string of the molecule is O=C(c1ccc(S(=O)(=O)NC2CCS(=O)(=O)C2)cc1)N1CCC(c2ccccc2)CC1. The van der Waals surface area contributed by atoms with Gasteiger partial charge in [-0.1, -0.05) is 30.3 Å². The Hall–Kier alpha value is -2.23. The summed E-state index contributed by atoms with van der Waals surface area (Å²) in [6.07, 6.45) is 2.07. The second kappa shape index (κ2) is 8.72. The topological polar surface area (TPSA) is 101 Å². The number of nitrogens with one attached hydrogen (secondary N) is 1. The predicted molar refractivity (Wildman–Crippen MR) is 118 cm³/mol. The fourth-order valence-corrected chi connectivity index (χ4v) is 7.33. The van der Waals surface area contributed by atoms with Crippen molar-refractivity contribution < 1.29 is 21.6 Å². The third-order valence-corrected chi connectivity index (χ3v) is 9.32. The normalized spacial score (nSPS) is 21.8. The van der Waals surface area contributed by atoms with Crippen LogP contribution in [0.15, 0.2) is 59.5 Å². The number of likely N-dealkylation sites (tertiary alicyclic amines) is 1. The smallest absolute Gasteiger partial charge is 0.253 e. The van der Waals surface area contributed by atoms with Crippen molar-refractivity contribution >= 4 is 25.8 Å². The Kier molecular flexibility index (Phi) is 6.18. The molecular formula is C22H26N2O5S2. The highest BCUT2D eigenvalue weighted by Crippen LogP contribution is 2.28. The number of amides is 1. The van der Waals surface area contributed by atoms with Crippen LogP contribution in [0, 0.1) is 0 Å². The van der Waals surface area contributed by atoms with Crippen LogP contribution in [0.4, 0.5) is 0 Å². The van der Waals surface area contributed by atoms with Crippen LogP contribution >= 0.6 is 0 Å². The lowest BCUT2D eigenvalue weighted by molar-refractivity contribution is 0.0713. The molecule has 2 saturated heterocycles. The minimum atomic E-state index is -3.84. The van der Waals surface area contributed by atoms with E-state index < -0.39 is 25.9 Å². The van der Waals surface area contributed by atoms with E-state index in [4.69, 9.17) is 0 Å². The van der Waals surface area contributed by atoms with Gasteiger partial charge in [0.2, 0.25) is 10.0 Å². The van der Waals surface area contributed by atoms with Gasteiger partial charge in [0, 0.05) is 24.7 Å². The summed E-state index contributed by atoms with van der Waals surface area (Å²) in [5.41, 5.74) is 1.74. The molecule has 31 heavy (non-hydrogen) atoms. The first-order valence-corrected chi connectivity index (χ1v) is 13.7. The lowest BCUT2D eigenvalue weighted by atomic mass is 9.89. The molecule has 4 rings (SSSR count). The summed E-state index contributed by atoms with van der Waals surface area (Å²) >= 11 is 0. The molecule has 2 aromatic carbocycles. The van der Waals surface area contributed by atoms with Crippen molar-refractivity contribution in [2.45, 2.75) is 36.1 Å². The van der Waals surface area contributed by atoms with Crippen molar-refractivity contribution in [3.05, 3.63) is 65.7 Å². The number of piperidine rings is 1. The maximum absolute atomic E-state index is 12.8. The van der Waals surface area contributed by atoms with Gasteiger partial charge in [-0.05, 0) is 55.0 Å². The molecule has 0 bridgehead atoms. The molecule has 0 radical (unpaired) electrons. The molecule has 9 heteroatoms. The summed E-state index contributed by atoms with van der Waals surface area (Å²) in [5, 5.41) is 0. The van der Waals surface area contributed by atoms with Crippen molar-refractivity contribution in [1.82, 2.24) is 9.62 Å². The first-order chi connectivity index (χ1) is 14.7. The van der Waals surface area contributed by atoms with E-state index in [9.17, 15) is 21.6 Å². The highest BCUT2D eigenvalue weighted by molar-refractivity contribution is 7.92. The average Bonchev–Trinajstić information content (AvgIpc) is 3.11. The Labute approximate surface area is 183 Å². The van der Waals surface area contributed by atoms with Crippen molar-refractivity contribution in [3.8, 4) is 0 Å². The monoisotopic (exact) mass is 462 g/mol. The van der Waals surface area contributed by atoms with Gasteiger partial charge >= 0.3 is 0 Å². The molecular weight excluding hydrogens is 436 g/mol. The molecule has 0 aliphatic carbocycles. The Balaban J connectivity index is 1.37. The van der Waals surface area contributed by atoms with Crippen LogP contribution in [0.3, 0.4) is 0 Å². The molecule has 1 unspecified atom stereocenters. The quantitative estimate of drug-likeness (QED) is 0.734. The first-order valence-electron chi connectivity index (χ1n) is 10.4. The van der Waals surface area contributed by atoms with Crippen LogP contribution in [-0.4, -0.2) is 58.3 Å². The summed E-state index contributed by atoms with van der Waals surface area (Å²) in [7, 11) is -7.02. The molecule has 2 aliphatic rings. The molecule has 2 aromatic rings. The van der Waals surface area contributed by atoms with E-state index in [1.807, 2.05) is 23.1 Å². The van der Waals surface area contributed by atoms with Gasteiger partial charge in [-0.25, -0.2) is 21.6 Å². The van der Waals surface area contributed by atoms with E-state index in [1.165, 1.54) is 29.8 Å². The van der Waals surface area contributed by atoms with Crippen LogP contribution in [0.5, 0.6) is 0 Å². The summed E-state index contributed by atoms with van der Waals surface area (Å²) in [5.74, 6) is 0.157. The van der Waals surface area contributed by atoms with Crippen LogP contribution in [0.1, 0.15) is 41.1 Å². The minimum Gasteiger partial charge on any atom is -0.339 e. The van der Waals surface area contributed by atoms with E-state index in [0.29, 0.717) is 24.6 Å². The number of hydrogen-bond acceptors (Lipinski definition) is 5. The predicted octanol–water partition coefficient (Wildman–Crippen LogP) is 2.17. The standard InChI is InChI=1S/C22H26N2O5S2/c25-22(24-13-10-18(11-14-24)17-4-2-1-3-5-17)19-6-8-21(9-7-19)31(28,29)23-20-12-15-30(26,27)16-20/h1-9,18,20,23H,10-16H2. The average molecular weight is 463 g/mol. The van der Waals surface area contributed by atoms with E-state index >= 15 is 0 Å². The Morgan fingerprint density at radius 2 is 1.58 bits per heavy atom. The van der Waals surface area contributed by atoms with Gasteiger partial charge in [-0.3, -0.25) is 4.79 Å². The number of carbonyl (C=O) groups is 1. The van der Waals surface area contributed by atoms with Gasteiger partial charge in [0.05, 0.1) is 16.4 Å². The number of sulfonamides is 1. The molecule has 2 fully saturated rings. The van der Waals surface area contributed by atoms with E-state index in [0.717, 1.165) is 12.8 Å². The highest BCUT2D eigenvalue weighted by Gasteiger charge is 2.31. The Morgan fingerprint density at radius 3 is 2.16 bits per heavy atom. The second-order valence-electron chi connectivity index (χ2n) is 8.22. The molecule has 1 atom stereocenters. The van der Waals surface area contributed by atoms with Gasteiger partial charge < -0.3 is 4.90 Å².